The summed E-state index contributed by atoms with van der Waals surface area (Å²) in [5, 5.41) is 4.67. The van der Waals surface area contributed by atoms with E-state index in [-0.39, 0.29) is 36.2 Å². The Labute approximate surface area is 192 Å². The Bertz CT molecular complexity index is 1440. The van der Waals surface area contributed by atoms with Crippen LogP contribution in [0.1, 0.15) is 47.5 Å². The minimum atomic E-state index is -4.59. The fraction of sp³-hybridized carbons (Fsp3) is 0.261. The van der Waals surface area contributed by atoms with E-state index in [0.717, 1.165) is 22.8 Å². The maximum absolute atomic E-state index is 13.3. The predicted octanol–water partition coefficient (Wildman–Crippen LogP) is 2.63. The number of fused-ring (bicyclic) bond motifs is 1. The summed E-state index contributed by atoms with van der Waals surface area (Å²) in [7, 11) is 0. The quantitative estimate of drug-likeness (QED) is 0.566. The minimum Gasteiger partial charge on any atom is -0.348 e. The lowest BCUT2D eigenvalue weighted by atomic mass is 10.0. The highest BCUT2D eigenvalue weighted by molar-refractivity contribution is 5.99. The summed E-state index contributed by atoms with van der Waals surface area (Å²) in [6, 6.07) is 6.50. The molecular formula is C23H19F3N4O4. The molecule has 0 aliphatic carbocycles. The molecule has 0 spiro atoms. The van der Waals surface area contributed by atoms with Gasteiger partial charge in [-0.15, -0.1) is 0 Å². The SMILES string of the molecule is [2H][C@]1(n2c(C)nc3ccc(CNC(=O)c4cccc(C(F)(F)F)c4)cc3c2=O)CCC(=O)NC1=O. The number of imide groups is 1. The zero-order valence-electron chi connectivity index (χ0n) is 18.8. The maximum Gasteiger partial charge on any atom is 0.416 e. The van der Waals surface area contributed by atoms with E-state index in [1.165, 1.54) is 25.1 Å². The second-order valence-corrected chi connectivity index (χ2v) is 7.74. The van der Waals surface area contributed by atoms with Crippen molar-refractivity contribution in [3.05, 3.63) is 75.3 Å². The number of hydrogen-bond acceptors (Lipinski definition) is 5. The van der Waals surface area contributed by atoms with Gasteiger partial charge in [0.15, 0.2) is 0 Å². The molecule has 4 rings (SSSR count). The normalized spacial score (nSPS) is 19.0. The number of rotatable bonds is 4. The lowest BCUT2D eigenvalue weighted by Gasteiger charge is -2.24. The minimum absolute atomic E-state index is 0.0812. The molecule has 2 heterocycles. The van der Waals surface area contributed by atoms with Crippen LogP contribution in [0, 0.1) is 6.92 Å². The van der Waals surface area contributed by atoms with Gasteiger partial charge in [0.2, 0.25) is 11.8 Å². The molecule has 0 saturated carbocycles. The van der Waals surface area contributed by atoms with Gasteiger partial charge in [-0.05, 0) is 49.2 Å². The van der Waals surface area contributed by atoms with Crippen molar-refractivity contribution in [3.63, 3.8) is 0 Å². The number of alkyl halides is 3. The van der Waals surface area contributed by atoms with Crippen molar-refractivity contribution >= 4 is 28.6 Å². The molecule has 3 amide bonds. The predicted molar refractivity (Wildman–Crippen MR) is 115 cm³/mol. The van der Waals surface area contributed by atoms with Crippen LogP contribution >= 0.6 is 0 Å². The highest BCUT2D eigenvalue weighted by Gasteiger charge is 2.31. The highest BCUT2D eigenvalue weighted by Crippen LogP contribution is 2.29. The Balaban J connectivity index is 1.63. The van der Waals surface area contributed by atoms with Crippen LogP contribution in [0.25, 0.3) is 10.9 Å². The summed E-state index contributed by atoms with van der Waals surface area (Å²) in [4.78, 5) is 53.9. The van der Waals surface area contributed by atoms with Crippen LogP contribution in [-0.4, -0.2) is 27.3 Å². The molecule has 2 N–H and O–H groups in total. The molecule has 1 aromatic heterocycles. The molecule has 0 unspecified atom stereocenters. The third-order valence-corrected chi connectivity index (χ3v) is 5.38. The Morgan fingerprint density at radius 2 is 2.00 bits per heavy atom. The van der Waals surface area contributed by atoms with E-state index in [2.05, 4.69) is 15.6 Å². The van der Waals surface area contributed by atoms with Gasteiger partial charge in [-0.2, -0.15) is 13.2 Å². The summed E-state index contributed by atoms with van der Waals surface area (Å²) >= 11 is 0. The molecular weight excluding hydrogens is 453 g/mol. The number of hydrogen-bond donors (Lipinski definition) is 2. The van der Waals surface area contributed by atoms with Gasteiger partial charge >= 0.3 is 6.18 Å². The molecule has 1 aliphatic heterocycles. The number of amides is 3. The highest BCUT2D eigenvalue weighted by atomic mass is 19.4. The van der Waals surface area contributed by atoms with Gasteiger partial charge < -0.3 is 5.32 Å². The molecule has 11 heteroatoms. The fourth-order valence-corrected chi connectivity index (χ4v) is 3.71. The Hall–Kier alpha value is -4.02. The third kappa shape index (κ3) is 4.54. The molecule has 1 fully saturated rings. The van der Waals surface area contributed by atoms with E-state index in [1.54, 1.807) is 6.07 Å². The number of piperidine rings is 1. The number of nitrogens with zero attached hydrogens (tertiary/aromatic N) is 2. The lowest BCUT2D eigenvalue weighted by molar-refractivity contribution is -0.138. The first-order valence-electron chi connectivity index (χ1n) is 10.7. The number of benzene rings is 2. The molecule has 34 heavy (non-hydrogen) atoms. The Morgan fingerprint density at radius 3 is 2.71 bits per heavy atom. The van der Waals surface area contributed by atoms with Crippen LogP contribution in [0.2, 0.25) is 0 Å². The van der Waals surface area contributed by atoms with Crippen LogP contribution in [0.15, 0.2) is 47.3 Å². The third-order valence-electron chi connectivity index (χ3n) is 5.38. The second kappa shape index (κ2) is 8.73. The summed E-state index contributed by atoms with van der Waals surface area (Å²) in [6.45, 7) is 1.38. The first-order valence-corrected chi connectivity index (χ1v) is 10.2. The van der Waals surface area contributed by atoms with Crippen molar-refractivity contribution in [1.82, 2.24) is 20.2 Å². The molecule has 3 aromatic rings. The van der Waals surface area contributed by atoms with E-state index < -0.39 is 41.0 Å². The van der Waals surface area contributed by atoms with E-state index >= 15 is 0 Å². The molecule has 1 atom stereocenters. The zero-order chi connectivity index (χ0) is 25.5. The van der Waals surface area contributed by atoms with Crippen molar-refractivity contribution in [1.29, 1.82) is 0 Å². The average Bonchev–Trinajstić information content (AvgIpc) is 2.80. The molecule has 176 valence electrons. The van der Waals surface area contributed by atoms with E-state index in [9.17, 15) is 32.3 Å². The molecule has 1 aliphatic rings. The first-order chi connectivity index (χ1) is 16.4. The summed E-state index contributed by atoms with van der Waals surface area (Å²) in [6.07, 6.45) is -4.89. The summed E-state index contributed by atoms with van der Waals surface area (Å²) < 4.78 is 48.2. The van der Waals surface area contributed by atoms with Gasteiger partial charge in [0.25, 0.3) is 11.5 Å². The second-order valence-electron chi connectivity index (χ2n) is 7.74. The number of halogens is 3. The smallest absolute Gasteiger partial charge is 0.348 e. The average molecular weight is 473 g/mol. The van der Waals surface area contributed by atoms with Crippen LogP contribution in [0.5, 0.6) is 0 Å². The Morgan fingerprint density at radius 1 is 1.24 bits per heavy atom. The van der Waals surface area contributed by atoms with Crippen molar-refractivity contribution < 1.29 is 28.9 Å². The molecule has 8 nitrogen and oxygen atoms in total. The lowest BCUT2D eigenvalue weighted by Crippen LogP contribution is -2.45. The standard InChI is InChI=1S/C23H19F3N4O4/c1-12-28-17-6-5-13(11-27-20(32)14-3-2-4-15(10-14)23(24,25)26)9-16(17)22(34)30(12)18-7-8-19(31)29-21(18)33/h2-6,9-10,18H,7-8,11H2,1H3,(H,27,32)(H,29,31,33)/t18-/m0/s1/i18D. The number of carbonyl (C=O) groups is 3. The van der Waals surface area contributed by atoms with Gasteiger partial charge in [0, 0.05) is 18.5 Å². The van der Waals surface area contributed by atoms with Gasteiger partial charge in [0.1, 0.15) is 11.8 Å². The fourth-order valence-electron chi connectivity index (χ4n) is 3.71. The number of nitrogens with one attached hydrogen (secondary N) is 2. The number of aromatic nitrogens is 2. The van der Waals surface area contributed by atoms with Crippen LogP contribution in [0.3, 0.4) is 0 Å². The van der Waals surface area contributed by atoms with Crippen molar-refractivity contribution in [3.8, 4) is 0 Å². The number of carbonyl (C=O) groups excluding carboxylic acids is 3. The maximum atomic E-state index is 13.3. The number of aryl methyl sites for hydroxylation is 1. The van der Waals surface area contributed by atoms with Gasteiger partial charge in [-0.25, -0.2) is 4.98 Å². The molecule has 0 bridgehead atoms. The van der Waals surface area contributed by atoms with E-state index in [4.69, 9.17) is 1.37 Å². The largest absolute Gasteiger partial charge is 0.416 e. The molecule has 0 radical (unpaired) electrons. The van der Waals surface area contributed by atoms with Gasteiger partial charge in [-0.1, -0.05) is 12.1 Å². The van der Waals surface area contributed by atoms with Gasteiger partial charge in [-0.3, -0.25) is 29.1 Å². The van der Waals surface area contributed by atoms with Crippen molar-refractivity contribution in [2.45, 2.75) is 38.5 Å². The van der Waals surface area contributed by atoms with Crippen LogP contribution < -0.4 is 16.2 Å². The van der Waals surface area contributed by atoms with Crippen LogP contribution in [-0.2, 0) is 22.3 Å². The first kappa shape index (κ1) is 21.8. The monoisotopic (exact) mass is 473 g/mol. The van der Waals surface area contributed by atoms with Crippen molar-refractivity contribution in [2.75, 3.05) is 0 Å². The Kier molecular flexibility index (Phi) is 5.60. The molecule has 2 aromatic carbocycles. The van der Waals surface area contributed by atoms with Crippen LogP contribution in [0.4, 0.5) is 13.2 Å². The van der Waals surface area contributed by atoms with E-state index in [1.807, 2.05) is 0 Å². The summed E-state index contributed by atoms with van der Waals surface area (Å²) in [5.74, 6) is -2.07. The zero-order valence-corrected chi connectivity index (χ0v) is 17.8. The topological polar surface area (TPSA) is 110 Å². The van der Waals surface area contributed by atoms with Crippen molar-refractivity contribution in [2.24, 2.45) is 0 Å². The summed E-state index contributed by atoms with van der Waals surface area (Å²) in [5.41, 5.74) is -1.04. The van der Waals surface area contributed by atoms with Gasteiger partial charge in [0.05, 0.1) is 17.8 Å². The molecule has 1 saturated heterocycles. The van der Waals surface area contributed by atoms with E-state index in [0.29, 0.717) is 11.1 Å².